The van der Waals surface area contributed by atoms with Crippen LogP contribution in [0.1, 0.15) is 34.1 Å². The Bertz CT molecular complexity index is 136. The largest absolute Gasteiger partial charge is 0.377 e. The van der Waals surface area contributed by atoms with Crippen LogP contribution < -0.4 is 5.32 Å². The Morgan fingerprint density at radius 1 is 1.33 bits per heavy atom. The molecule has 2 heteroatoms. The highest BCUT2D eigenvalue weighted by Crippen LogP contribution is 2.14. The SMILES string of the molecule is CC(C)C(C)NC1CCOC1C. The first-order valence-electron chi connectivity index (χ1n) is 4.99. The lowest BCUT2D eigenvalue weighted by Gasteiger charge is -2.24. The molecule has 0 aliphatic carbocycles. The van der Waals surface area contributed by atoms with Crippen molar-refractivity contribution in [3.8, 4) is 0 Å². The van der Waals surface area contributed by atoms with Crippen molar-refractivity contribution in [2.24, 2.45) is 5.92 Å². The maximum Gasteiger partial charge on any atom is 0.0700 e. The predicted molar refractivity (Wildman–Crippen MR) is 51.3 cm³/mol. The maximum atomic E-state index is 5.48. The van der Waals surface area contributed by atoms with Crippen LogP contribution in [0.25, 0.3) is 0 Å². The molecule has 12 heavy (non-hydrogen) atoms. The molecule has 0 spiro atoms. The predicted octanol–water partition coefficient (Wildman–Crippen LogP) is 1.80. The highest BCUT2D eigenvalue weighted by molar-refractivity contribution is 4.82. The molecule has 2 nitrogen and oxygen atoms in total. The topological polar surface area (TPSA) is 21.3 Å². The van der Waals surface area contributed by atoms with E-state index in [0.29, 0.717) is 24.1 Å². The average molecular weight is 171 g/mol. The fourth-order valence-corrected chi connectivity index (χ4v) is 1.48. The molecular weight excluding hydrogens is 150 g/mol. The molecule has 0 amide bonds. The molecule has 0 aromatic heterocycles. The van der Waals surface area contributed by atoms with E-state index in [4.69, 9.17) is 4.74 Å². The van der Waals surface area contributed by atoms with Crippen LogP contribution in [0.5, 0.6) is 0 Å². The number of hydrogen-bond donors (Lipinski definition) is 1. The van der Waals surface area contributed by atoms with Gasteiger partial charge in [-0.3, -0.25) is 0 Å². The Labute approximate surface area is 75.7 Å². The summed E-state index contributed by atoms with van der Waals surface area (Å²) >= 11 is 0. The van der Waals surface area contributed by atoms with Crippen molar-refractivity contribution in [1.29, 1.82) is 0 Å². The third-order valence-electron chi connectivity index (χ3n) is 2.85. The first kappa shape index (κ1) is 10.0. The van der Waals surface area contributed by atoms with Gasteiger partial charge in [-0.15, -0.1) is 0 Å². The Morgan fingerprint density at radius 3 is 2.42 bits per heavy atom. The number of nitrogens with one attached hydrogen (secondary N) is 1. The van der Waals surface area contributed by atoms with Crippen molar-refractivity contribution in [3.63, 3.8) is 0 Å². The van der Waals surface area contributed by atoms with Crippen LogP contribution in [0, 0.1) is 5.92 Å². The summed E-state index contributed by atoms with van der Waals surface area (Å²) in [4.78, 5) is 0. The zero-order chi connectivity index (χ0) is 9.14. The molecule has 1 saturated heterocycles. The van der Waals surface area contributed by atoms with Gasteiger partial charge in [0.2, 0.25) is 0 Å². The van der Waals surface area contributed by atoms with Gasteiger partial charge in [0.05, 0.1) is 6.10 Å². The summed E-state index contributed by atoms with van der Waals surface area (Å²) in [5.41, 5.74) is 0. The van der Waals surface area contributed by atoms with E-state index < -0.39 is 0 Å². The number of ether oxygens (including phenoxy) is 1. The van der Waals surface area contributed by atoms with Crippen molar-refractivity contribution in [3.05, 3.63) is 0 Å². The Kier molecular flexibility index (Phi) is 3.53. The normalized spacial score (nSPS) is 32.8. The minimum atomic E-state index is 0.395. The van der Waals surface area contributed by atoms with Crippen LogP contribution in [0.15, 0.2) is 0 Å². The van der Waals surface area contributed by atoms with Crippen molar-refractivity contribution < 1.29 is 4.74 Å². The lowest BCUT2D eigenvalue weighted by atomic mass is 10.0. The Morgan fingerprint density at radius 2 is 2.00 bits per heavy atom. The standard InChI is InChI=1S/C10H21NO/c1-7(2)8(3)11-10-5-6-12-9(10)4/h7-11H,5-6H2,1-4H3. The fourth-order valence-electron chi connectivity index (χ4n) is 1.48. The van der Waals surface area contributed by atoms with E-state index >= 15 is 0 Å². The quantitative estimate of drug-likeness (QED) is 0.699. The summed E-state index contributed by atoms with van der Waals surface area (Å²) in [6, 6.07) is 1.17. The third-order valence-corrected chi connectivity index (χ3v) is 2.85. The number of rotatable bonds is 3. The van der Waals surface area contributed by atoms with E-state index in [9.17, 15) is 0 Å². The van der Waals surface area contributed by atoms with Crippen LogP contribution in [-0.2, 0) is 4.74 Å². The molecule has 0 aromatic rings. The molecule has 3 unspecified atom stereocenters. The molecule has 0 radical (unpaired) electrons. The molecule has 3 atom stereocenters. The van der Waals surface area contributed by atoms with Crippen molar-refractivity contribution >= 4 is 0 Å². The molecule has 72 valence electrons. The first-order valence-corrected chi connectivity index (χ1v) is 4.99. The lowest BCUT2D eigenvalue weighted by molar-refractivity contribution is 0.110. The van der Waals surface area contributed by atoms with Gasteiger partial charge in [-0.2, -0.15) is 0 Å². The van der Waals surface area contributed by atoms with Gasteiger partial charge in [0.15, 0.2) is 0 Å². The monoisotopic (exact) mass is 171 g/mol. The maximum absolute atomic E-state index is 5.48. The van der Waals surface area contributed by atoms with Crippen molar-refractivity contribution in [2.45, 2.75) is 52.3 Å². The summed E-state index contributed by atoms with van der Waals surface area (Å²) < 4.78 is 5.48. The highest BCUT2D eigenvalue weighted by atomic mass is 16.5. The van der Waals surface area contributed by atoms with Gasteiger partial charge in [0.1, 0.15) is 0 Å². The van der Waals surface area contributed by atoms with E-state index in [1.165, 1.54) is 0 Å². The second-order valence-corrected chi connectivity index (χ2v) is 4.17. The van der Waals surface area contributed by atoms with E-state index in [-0.39, 0.29) is 0 Å². The lowest BCUT2D eigenvalue weighted by Crippen LogP contribution is -2.42. The minimum absolute atomic E-state index is 0.395. The molecule has 0 bridgehead atoms. The van der Waals surface area contributed by atoms with Crippen LogP contribution in [-0.4, -0.2) is 24.8 Å². The van der Waals surface area contributed by atoms with Crippen LogP contribution in [0.3, 0.4) is 0 Å². The van der Waals surface area contributed by atoms with Gasteiger partial charge in [0.25, 0.3) is 0 Å². The average Bonchev–Trinajstić information content (AvgIpc) is 2.36. The Balaban J connectivity index is 2.30. The second kappa shape index (κ2) is 4.24. The van der Waals surface area contributed by atoms with E-state index in [2.05, 4.69) is 33.0 Å². The molecule has 0 aromatic carbocycles. The Hall–Kier alpha value is -0.0800. The molecule has 1 rings (SSSR count). The van der Waals surface area contributed by atoms with Crippen LogP contribution in [0.4, 0.5) is 0 Å². The molecule has 1 aliphatic heterocycles. The van der Waals surface area contributed by atoms with E-state index in [0.717, 1.165) is 13.0 Å². The van der Waals surface area contributed by atoms with E-state index in [1.807, 2.05) is 0 Å². The summed E-state index contributed by atoms with van der Waals surface area (Å²) in [5, 5.41) is 3.60. The smallest absolute Gasteiger partial charge is 0.0700 e. The van der Waals surface area contributed by atoms with Crippen molar-refractivity contribution in [1.82, 2.24) is 5.32 Å². The molecule has 1 heterocycles. The molecule has 1 fully saturated rings. The summed E-state index contributed by atoms with van der Waals surface area (Å²) in [7, 11) is 0. The summed E-state index contributed by atoms with van der Waals surface area (Å²) in [6.07, 6.45) is 1.56. The zero-order valence-corrected chi connectivity index (χ0v) is 8.63. The molecular formula is C10H21NO. The summed E-state index contributed by atoms with van der Waals surface area (Å²) in [6.45, 7) is 9.81. The minimum Gasteiger partial charge on any atom is -0.377 e. The van der Waals surface area contributed by atoms with Gasteiger partial charge in [-0.25, -0.2) is 0 Å². The summed E-state index contributed by atoms with van der Waals surface area (Å²) in [5.74, 6) is 0.706. The van der Waals surface area contributed by atoms with E-state index in [1.54, 1.807) is 0 Å². The molecule has 0 saturated carbocycles. The van der Waals surface area contributed by atoms with Gasteiger partial charge < -0.3 is 10.1 Å². The highest BCUT2D eigenvalue weighted by Gasteiger charge is 2.25. The van der Waals surface area contributed by atoms with Gasteiger partial charge in [0, 0.05) is 18.7 Å². The van der Waals surface area contributed by atoms with Crippen LogP contribution >= 0.6 is 0 Å². The number of hydrogen-bond acceptors (Lipinski definition) is 2. The van der Waals surface area contributed by atoms with Gasteiger partial charge in [-0.05, 0) is 26.2 Å². The fraction of sp³-hybridized carbons (Fsp3) is 1.00. The van der Waals surface area contributed by atoms with Crippen LogP contribution in [0.2, 0.25) is 0 Å². The second-order valence-electron chi connectivity index (χ2n) is 4.17. The molecule has 1 N–H and O–H groups in total. The third kappa shape index (κ3) is 2.46. The zero-order valence-electron chi connectivity index (χ0n) is 8.63. The molecule has 1 aliphatic rings. The van der Waals surface area contributed by atoms with Gasteiger partial charge in [-0.1, -0.05) is 13.8 Å². The van der Waals surface area contributed by atoms with Crippen molar-refractivity contribution in [2.75, 3.05) is 6.61 Å². The first-order chi connectivity index (χ1) is 5.61. The van der Waals surface area contributed by atoms with Gasteiger partial charge >= 0.3 is 0 Å².